The molecule has 1 rings (SSSR count). The summed E-state index contributed by atoms with van der Waals surface area (Å²) in [4.78, 5) is 1.76. The summed E-state index contributed by atoms with van der Waals surface area (Å²) in [6, 6.07) is 4.33. The number of anilines is 2. The summed E-state index contributed by atoms with van der Waals surface area (Å²) in [6.07, 6.45) is 0. The zero-order valence-electron chi connectivity index (χ0n) is 9.29. The van der Waals surface area contributed by atoms with Crippen molar-refractivity contribution in [1.29, 1.82) is 0 Å². The Hall–Kier alpha value is -1.29. The van der Waals surface area contributed by atoms with Gasteiger partial charge in [-0.25, -0.2) is 4.39 Å². The molecular weight excluding hydrogens is 195 g/mol. The molecule has 0 fully saturated rings. The van der Waals surface area contributed by atoms with Gasteiger partial charge in [0.25, 0.3) is 0 Å². The standard InChI is InChI=1S/C11H17FN2O/c1-11(2,15)7-14(3)10-5-8(12)4-9(13)6-10/h4-6,15H,7,13H2,1-3H3. The summed E-state index contributed by atoms with van der Waals surface area (Å²) < 4.78 is 13.1. The first-order valence-electron chi connectivity index (χ1n) is 4.77. The molecule has 0 aliphatic heterocycles. The fourth-order valence-electron chi connectivity index (χ4n) is 1.49. The lowest BCUT2D eigenvalue weighted by atomic mass is 10.1. The molecule has 4 heteroatoms. The highest BCUT2D eigenvalue weighted by molar-refractivity contribution is 5.56. The first kappa shape index (κ1) is 11.8. The highest BCUT2D eigenvalue weighted by atomic mass is 19.1. The number of halogens is 1. The number of likely N-dealkylation sites (N-methyl/N-ethyl adjacent to an activating group) is 1. The molecule has 0 aliphatic rings. The van der Waals surface area contributed by atoms with Crippen LogP contribution in [0.4, 0.5) is 15.8 Å². The number of aliphatic hydroxyl groups is 1. The lowest BCUT2D eigenvalue weighted by Gasteiger charge is -2.27. The van der Waals surface area contributed by atoms with Crippen LogP contribution in [0.2, 0.25) is 0 Å². The third-order valence-corrected chi connectivity index (χ3v) is 1.97. The van der Waals surface area contributed by atoms with Gasteiger partial charge in [-0.05, 0) is 32.0 Å². The first-order chi connectivity index (χ1) is 6.78. The van der Waals surface area contributed by atoms with Gasteiger partial charge in [-0.2, -0.15) is 0 Å². The van der Waals surface area contributed by atoms with Crippen LogP contribution in [0.3, 0.4) is 0 Å². The van der Waals surface area contributed by atoms with Crippen molar-refractivity contribution in [2.45, 2.75) is 19.4 Å². The van der Waals surface area contributed by atoms with Crippen LogP contribution in [0.1, 0.15) is 13.8 Å². The maximum atomic E-state index is 13.1. The Kier molecular flexibility index (Phi) is 3.19. The molecule has 1 aromatic carbocycles. The normalized spacial score (nSPS) is 11.5. The van der Waals surface area contributed by atoms with Crippen molar-refractivity contribution in [3.05, 3.63) is 24.0 Å². The van der Waals surface area contributed by atoms with Gasteiger partial charge in [0.15, 0.2) is 0 Å². The minimum Gasteiger partial charge on any atom is -0.399 e. The van der Waals surface area contributed by atoms with Crippen LogP contribution in [-0.2, 0) is 0 Å². The predicted molar refractivity (Wildman–Crippen MR) is 60.4 cm³/mol. The van der Waals surface area contributed by atoms with E-state index in [1.54, 1.807) is 31.9 Å². The molecule has 84 valence electrons. The van der Waals surface area contributed by atoms with E-state index in [2.05, 4.69) is 0 Å². The van der Waals surface area contributed by atoms with E-state index < -0.39 is 5.60 Å². The highest BCUT2D eigenvalue weighted by Gasteiger charge is 2.16. The topological polar surface area (TPSA) is 49.5 Å². The van der Waals surface area contributed by atoms with E-state index in [1.807, 2.05) is 0 Å². The third kappa shape index (κ3) is 3.75. The zero-order valence-corrected chi connectivity index (χ0v) is 9.29. The molecule has 0 atom stereocenters. The Morgan fingerprint density at radius 2 is 2.00 bits per heavy atom. The fourth-order valence-corrected chi connectivity index (χ4v) is 1.49. The molecule has 0 unspecified atom stereocenters. The average Bonchev–Trinajstić information content (AvgIpc) is 1.98. The Morgan fingerprint density at radius 1 is 1.40 bits per heavy atom. The highest BCUT2D eigenvalue weighted by Crippen LogP contribution is 2.20. The van der Waals surface area contributed by atoms with Gasteiger partial charge < -0.3 is 15.7 Å². The Morgan fingerprint density at radius 3 is 2.47 bits per heavy atom. The summed E-state index contributed by atoms with van der Waals surface area (Å²) in [5.74, 6) is -0.368. The minimum atomic E-state index is -0.824. The Bertz CT molecular complexity index is 327. The van der Waals surface area contributed by atoms with Crippen LogP contribution in [0.15, 0.2) is 18.2 Å². The number of nitrogens with zero attached hydrogens (tertiary/aromatic N) is 1. The van der Waals surface area contributed by atoms with E-state index >= 15 is 0 Å². The summed E-state index contributed by atoms with van der Waals surface area (Å²) in [5, 5.41) is 9.62. The fraction of sp³-hybridized carbons (Fsp3) is 0.455. The van der Waals surface area contributed by atoms with Crippen molar-refractivity contribution in [2.24, 2.45) is 0 Å². The van der Waals surface area contributed by atoms with Gasteiger partial charge in [0.1, 0.15) is 5.82 Å². The Balaban J connectivity index is 2.86. The molecule has 0 saturated carbocycles. The zero-order chi connectivity index (χ0) is 11.6. The number of nitrogen functional groups attached to an aromatic ring is 1. The number of hydrogen-bond donors (Lipinski definition) is 2. The summed E-state index contributed by atoms with van der Waals surface area (Å²) in [5.41, 5.74) is 5.75. The maximum absolute atomic E-state index is 13.1. The van der Waals surface area contributed by atoms with Gasteiger partial charge in [0.2, 0.25) is 0 Å². The van der Waals surface area contributed by atoms with Crippen LogP contribution < -0.4 is 10.6 Å². The van der Waals surface area contributed by atoms with Crippen molar-refractivity contribution in [3.8, 4) is 0 Å². The predicted octanol–water partition coefficient (Wildman–Crippen LogP) is 1.61. The van der Waals surface area contributed by atoms with Crippen molar-refractivity contribution < 1.29 is 9.50 Å². The van der Waals surface area contributed by atoms with Gasteiger partial charge in [-0.1, -0.05) is 0 Å². The van der Waals surface area contributed by atoms with Crippen molar-refractivity contribution in [3.63, 3.8) is 0 Å². The van der Waals surface area contributed by atoms with Crippen LogP contribution in [0.5, 0.6) is 0 Å². The number of rotatable bonds is 3. The second-order valence-corrected chi connectivity index (χ2v) is 4.41. The van der Waals surface area contributed by atoms with Crippen molar-refractivity contribution >= 4 is 11.4 Å². The first-order valence-corrected chi connectivity index (χ1v) is 4.77. The van der Waals surface area contributed by atoms with Crippen LogP contribution in [-0.4, -0.2) is 24.3 Å². The molecule has 15 heavy (non-hydrogen) atoms. The molecule has 1 aromatic rings. The van der Waals surface area contributed by atoms with Crippen LogP contribution in [0.25, 0.3) is 0 Å². The second kappa shape index (κ2) is 4.06. The molecule has 0 bridgehead atoms. The molecule has 3 nitrogen and oxygen atoms in total. The van der Waals surface area contributed by atoms with E-state index in [4.69, 9.17) is 5.73 Å². The van der Waals surface area contributed by atoms with Crippen molar-refractivity contribution in [1.82, 2.24) is 0 Å². The lowest BCUT2D eigenvalue weighted by molar-refractivity contribution is 0.0886. The van der Waals surface area contributed by atoms with Gasteiger partial charge in [0.05, 0.1) is 5.60 Å². The third-order valence-electron chi connectivity index (χ3n) is 1.97. The number of nitrogens with two attached hydrogens (primary N) is 1. The van der Waals surface area contributed by atoms with Crippen molar-refractivity contribution in [2.75, 3.05) is 24.2 Å². The van der Waals surface area contributed by atoms with E-state index in [-0.39, 0.29) is 5.82 Å². The quantitative estimate of drug-likeness (QED) is 0.748. The monoisotopic (exact) mass is 212 g/mol. The van der Waals surface area contributed by atoms with Gasteiger partial charge in [-0.3, -0.25) is 0 Å². The van der Waals surface area contributed by atoms with Gasteiger partial charge in [0, 0.05) is 25.0 Å². The molecule has 0 radical (unpaired) electrons. The molecule has 0 heterocycles. The molecule has 0 saturated heterocycles. The van der Waals surface area contributed by atoms with E-state index in [9.17, 15) is 9.50 Å². The average molecular weight is 212 g/mol. The number of hydrogen-bond acceptors (Lipinski definition) is 3. The maximum Gasteiger partial charge on any atom is 0.127 e. The Labute approximate surface area is 89.3 Å². The van der Waals surface area contributed by atoms with E-state index in [0.29, 0.717) is 17.9 Å². The largest absolute Gasteiger partial charge is 0.399 e. The van der Waals surface area contributed by atoms with E-state index in [0.717, 1.165) is 0 Å². The molecule has 0 spiro atoms. The van der Waals surface area contributed by atoms with Crippen LogP contribution in [0, 0.1) is 5.82 Å². The summed E-state index contributed by atoms with van der Waals surface area (Å²) in [6.45, 7) is 3.81. The van der Waals surface area contributed by atoms with E-state index in [1.165, 1.54) is 12.1 Å². The molecular formula is C11H17FN2O. The SMILES string of the molecule is CN(CC(C)(C)O)c1cc(N)cc(F)c1. The molecule has 3 N–H and O–H groups in total. The molecule has 0 aromatic heterocycles. The molecule has 0 amide bonds. The van der Waals surface area contributed by atoms with Crippen LogP contribution >= 0.6 is 0 Å². The lowest BCUT2D eigenvalue weighted by Crippen LogP contribution is -2.36. The summed E-state index contributed by atoms with van der Waals surface area (Å²) >= 11 is 0. The second-order valence-electron chi connectivity index (χ2n) is 4.41. The summed E-state index contributed by atoms with van der Waals surface area (Å²) in [7, 11) is 1.78. The van der Waals surface area contributed by atoms with Gasteiger partial charge in [-0.15, -0.1) is 0 Å². The smallest absolute Gasteiger partial charge is 0.127 e. The number of benzene rings is 1. The molecule has 0 aliphatic carbocycles. The van der Waals surface area contributed by atoms with Gasteiger partial charge >= 0.3 is 0 Å². The minimum absolute atomic E-state index is 0.368.